The van der Waals surface area contributed by atoms with Crippen molar-refractivity contribution in [3.05, 3.63) is 22.8 Å². The summed E-state index contributed by atoms with van der Waals surface area (Å²) in [4.78, 5) is 16.8. The van der Waals surface area contributed by atoms with Gasteiger partial charge in [0.05, 0.1) is 5.69 Å². The Morgan fingerprint density at radius 2 is 2.44 bits per heavy atom. The Morgan fingerprint density at radius 1 is 1.61 bits per heavy atom. The molecule has 0 radical (unpaired) electrons. The zero-order valence-corrected chi connectivity index (χ0v) is 10.8. The van der Waals surface area contributed by atoms with E-state index in [4.69, 9.17) is 0 Å². The van der Waals surface area contributed by atoms with Crippen molar-refractivity contribution < 1.29 is 9.90 Å². The van der Waals surface area contributed by atoms with Gasteiger partial charge in [-0.3, -0.25) is 9.48 Å². The predicted octanol–water partition coefficient (Wildman–Crippen LogP) is 2.05. The van der Waals surface area contributed by atoms with E-state index in [9.17, 15) is 9.90 Å². The number of hydrogen-bond acceptors (Lipinski definition) is 4. The fourth-order valence-corrected chi connectivity index (χ4v) is 3.43. The number of carboxylic acids is 1. The molecule has 2 aromatic heterocycles. The SMILES string of the molecule is Cn1ccc(-c2nc3c(s2)CCCC3C(=O)O)n1. The van der Waals surface area contributed by atoms with Crippen LogP contribution in [0.5, 0.6) is 0 Å². The molecule has 0 saturated heterocycles. The van der Waals surface area contributed by atoms with E-state index in [1.807, 2.05) is 19.3 Å². The lowest BCUT2D eigenvalue weighted by atomic mass is 9.91. The number of nitrogens with zero attached hydrogens (tertiary/aromatic N) is 3. The van der Waals surface area contributed by atoms with Crippen molar-refractivity contribution in [2.75, 3.05) is 0 Å². The predicted molar refractivity (Wildman–Crippen MR) is 67.6 cm³/mol. The molecule has 3 rings (SSSR count). The van der Waals surface area contributed by atoms with Gasteiger partial charge in [0, 0.05) is 18.1 Å². The summed E-state index contributed by atoms with van der Waals surface area (Å²) < 4.78 is 1.73. The topological polar surface area (TPSA) is 68.0 Å². The Balaban J connectivity index is 2.03. The summed E-state index contributed by atoms with van der Waals surface area (Å²) in [5, 5.41) is 14.4. The summed E-state index contributed by atoms with van der Waals surface area (Å²) >= 11 is 1.57. The molecule has 0 bridgehead atoms. The Hall–Kier alpha value is -1.69. The van der Waals surface area contributed by atoms with Crippen LogP contribution in [0.3, 0.4) is 0 Å². The van der Waals surface area contributed by atoms with Crippen molar-refractivity contribution in [3.63, 3.8) is 0 Å². The van der Waals surface area contributed by atoms with Gasteiger partial charge in [0.1, 0.15) is 16.6 Å². The van der Waals surface area contributed by atoms with E-state index in [0.29, 0.717) is 6.42 Å². The van der Waals surface area contributed by atoms with Crippen molar-refractivity contribution in [2.45, 2.75) is 25.2 Å². The summed E-state index contributed by atoms with van der Waals surface area (Å²) in [6, 6.07) is 1.90. The highest BCUT2D eigenvalue weighted by molar-refractivity contribution is 7.15. The molecule has 0 aliphatic heterocycles. The first-order valence-electron chi connectivity index (χ1n) is 5.87. The minimum Gasteiger partial charge on any atom is -0.481 e. The molecule has 2 heterocycles. The van der Waals surface area contributed by atoms with Crippen LogP contribution in [0.1, 0.15) is 29.3 Å². The number of hydrogen-bond donors (Lipinski definition) is 1. The van der Waals surface area contributed by atoms with Gasteiger partial charge in [0.15, 0.2) is 0 Å². The molecular weight excluding hydrogens is 250 g/mol. The zero-order valence-electron chi connectivity index (χ0n) is 9.96. The Labute approximate surface area is 108 Å². The summed E-state index contributed by atoms with van der Waals surface area (Å²) in [6.07, 6.45) is 4.41. The van der Waals surface area contributed by atoms with Crippen LogP contribution in [0, 0.1) is 0 Å². The van der Waals surface area contributed by atoms with Crippen molar-refractivity contribution >= 4 is 17.3 Å². The molecule has 2 aromatic rings. The van der Waals surface area contributed by atoms with E-state index in [-0.39, 0.29) is 0 Å². The standard InChI is InChI=1S/C12H13N3O2S/c1-15-6-5-8(14-15)11-13-10-7(12(16)17)3-2-4-9(10)18-11/h5-7H,2-4H2,1H3,(H,16,17). The van der Waals surface area contributed by atoms with Crippen LogP contribution in [0.25, 0.3) is 10.7 Å². The summed E-state index contributed by atoms with van der Waals surface area (Å²) in [5.41, 5.74) is 1.57. The van der Waals surface area contributed by atoms with Gasteiger partial charge in [-0.1, -0.05) is 0 Å². The smallest absolute Gasteiger partial charge is 0.312 e. The van der Waals surface area contributed by atoms with E-state index in [1.165, 1.54) is 0 Å². The van der Waals surface area contributed by atoms with Crippen LogP contribution < -0.4 is 0 Å². The Kier molecular flexibility index (Phi) is 2.66. The van der Waals surface area contributed by atoms with Crippen LogP contribution in [0.4, 0.5) is 0 Å². The number of aliphatic carboxylic acids is 1. The van der Waals surface area contributed by atoms with E-state index in [0.717, 1.165) is 34.1 Å². The largest absolute Gasteiger partial charge is 0.481 e. The number of carboxylic acid groups (broad SMARTS) is 1. The molecule has 1 aliphatic carbocycles. The molecule has 0 aromatic carbocycles. The van der Waals surface area contributed by atoms with E-state index in [2.05, 4.69) is 10.1 Å². The number of aromatic nitrogens is 3. The molecule has 0 amide bonds. The van der Waals surface area contributed by atoms with Gasteiger partial charge in [-0.05, 0) is 25.3 Å². The van der Waals surface area contributed by atoms with Crippen LogP contribution in [0.15, 0.2) is 12.3 Å². The van der Waals surface area contributed by atoms with E-state index >= 15 is 0 Å². The van der Waals surface area contributed by atoms with Gasteiger partial charge >= 0.3 is 5.97 Å². The van der Waals surface area contributed by atoms with E-state index in [1.54, 1.807) is 16.0 Å². The molecule has 5 nitrogen and oxygen atoms in total. The van der Waals surface area contributed by atoms with Gasteiger partial charge in [0.2, 0.25) is 0 Å². The first kappa shape index (κ1) is 11.4. The third-order valence-electron chi connectivity index (χ3n) is 3.19. The molecule has 1 unspecified atom stereocenters. The summed E-state index contributed by atoms with van der Waals surface area (Å²) in [7, 11) is 1.86. The summed E-state index contributed by atoms with van der Waals surface area (Å²) in [5.74, 6) is -1.21. The highest BCUT2D eigenvalue weighted by Crippen LogP contribution is 2.37. The summed E-state index contributed by atoms with van der Waals surface area (Å²) in [6.45, 7) is 0. The maximum absolute atomic E-state index is 11.2. The highest BCUT2D eigenvalue weighted by Gasteiger charge is 2.30. The zero-order chi connectivity index (χ0) is 12.7. The van der Waals surface area contributed by atoms with Crippen LogP contribution in [0.2, 0.25) is 0 Å². The van der Waals surface area contributed by atoms with Gasteiger partial charge in [-0.2, -0.15) is 5.10 Å². The molecule has 0 fully saturated rings. The van der Waals surface area contributed by atoms with E-state index < -0.39 is 11.9 Å². The first-order chi connectivity index (χ1) is 8.65. The van der Waals surface area contributed by atoms with Crippen LogP contribution in [-0.4, -0.2) is 25.8 Å². The van der Waals surface area contributed by atoms with Crippen LogP contribution >= 0.6 is 11.3 Å². The Bertz CT molecular complexity index is 602. The average Bonchev–Trinajstić information content (AvgIpc) is 2.93. The Morgan fingerprint density at radius 3 is 3.11 bits per heavy atom. The third kappa shape index (κ3) is 1.82. The monoisotopic (exact) mass is 263 g/mol. The number of aryl methyl sites for hydroxylation is 2. The first-order valence-corrected chi connectivity index (χ1v) is 6.69. The molecule has 6 heteroatoms. The van der Waals surface area contributed by atoms with Crippen LogP contribution in [-0.2, 0) is 18.3 Å². The second-order valence-electron chi connectivity index (χ2n) is 4.49. The molecule has 18 heavy (non-hydrogen) atoms. The number of carbonyl (C=O) groups is 1. The fourth-order valence-electron chi connectivity index (χ4n) is 2.30. The van der Waals surface area contributed by atoms with Crippen molar-refractivity contribution in [2.24, 2.45) is 7.05 Å². The molecule has 94 valence electrons. The number of rotatable bonds is 2. The van der Waals surface area contributed by atoms with Crippen molar-refractivity contribution in [1.82, 2.24) is 14.8 Å². The molecule has 1 aliphatic rings. The second-order valence-corrected chi connectivity index (χ2v) is 5.57. The molecule has 1 N–H and O–H groups in total. The minimum absolute atomic E-state index is 0.442. The molecular formula is C12H13N3O2S. The lowest BCUT2D eigenvalue weighted by molar-refractivity contribution is -0.139. The maximum Gasteiger partial charge on any atom is 0.312 e. The average molecular weight is 263 g/mol. The van der Waals surface area contributed by atoms with Gasteiger partial charge in [-0.15, -0.1) is 11.3 Å². The molecule has 0 saturated carbocycles. The second kappa shape index (κ2) is 4.20. The lowest BCUT2D eigenvalue weighted by Crippen LogP contribution is -2.17. The number of fused-ring (bicyclic) bond motifs is 1. The lowest BCUT2D eigenvalue weighted by Gasteiger charge is -2.16. The highest BCUT2D eigenvalue weighted by atomic mass is 32.1. The fraction of sp³-hybridized carbons (Fsp3) is 0.417. The van der Waals surface area contributed by atoms with Gasteiger partial charge in [-0.25, -0.2) is 4.98 Å². The normalized spacial score (nSPS) is 18.6. The van der Waals surface area contributed by atoms with Crippen molar-refractivity contribution in [3.8, 4) is 10.7 Å². The number of thiazole rings is 1. The van der Waals surface area contributed by atoms with Gasteiger partial charge in [0.25, 0.3) is 0 Å². The quantitative estimate of drug-likeness (QED) is 0.900. The van der Waals surface area contributed by atoms with Crippen molar-refractivity contribution in [1.29, 1.82) is 0 Å². The van der Waals surface area contributed by atoms with Gasteiger partial charge < -0.3 is 5.11 Å². The molecule has 1 atom stereocenters. The molecule has 0 spiro atoms. The maximum atomic E-state index is 11.2. The third-order valence-corrected chi connectivity index (χ3v) is 4.34. The minimum atomic E-state index is -0.770.